The van der Waals surface area contributed by atoms with Crippen LogP contribution in [0.25, 0.3) is 0 Å². The number of rotatable bonds is 10. The predicted octanol–water partition coefficient (Wildman–Crippen LogP) is 6.26. The van der Waals surface area contributed by atoms with Crippen molar-refractivity contribution in [3.8, 4) is 5.75 Å². The SMILES string of the molecule is Cc1cc(OCC(=O)N(Cc2ccccc2F)C(Cc2ccccc2)C(=O)NC2CCCCC2)ccc1Cl. The number of halogens is 2. The Kier molecular flexibility index (Phi) is 9.77. The third-order valence-corrected chi connectivity index (χ3v) is 7.44. The molecule has 0 radical (unpaired) electrons. The molecule has 38 heavy (non-hydrogen) atoms. The number of carbonyl (C=O) groups is 2. The lowest BCUT2D eigenvalue weighted by molar-refractivity contribution is -0.143. The summed E-state index contributed by atoms with van der Waals surface area (Å²) in [4.78, 5) is 28.9. The Hall–Kier alpha value is -3.38. The van der Waals surface area contributed by atoms with Gasteiger partial charge in [0.25, 0.3) is 5.91 Å². The number of nitrogens with one attached hydrogen (secondary N) is 1. The van der Waals surface area contributed by atoms with Crippen molar-refractivity contribution in [2.24, 2.45) is 0 Å². The Morgan fingerprint density at radius 1 is 1.03 bits per heavy atom. The lowest BCUT2D eigenvalue weighted by atomic mass is 9.94. The molecule has 0 aliphatic heterocycles. The van der Waals surface area contributed by atoms with Crippen molar-refractivity contribution in [3.63, 3.8) is 0 Å². The number of benzene rings is 3. The Balaban J connectivity index is 1.62. The lowest BCUT2D eigenvalue weighted by Crippen LogP contribution is -2.53. The Morgan fingerprint density at radius 3 is 2.45 bits per heavy atom. The maximum Gasteiger partial charge on any atom is 0.261 e. The van der Waals surface area contributed by atoms with Gasteiger partial charge in [0.1, 0.15) is 17.6 Å². The molecule has 5 nitrogen and oxygen atoms in total. The summed E-state index contributed by atoms with van der Waals surface area (Å²) in [6.45, 7) is 1.51. The smallest absolute Gasteiger partial charge is 0.261 e. The lowest BCUT2D eigenvalue weighted by Gasteiger charge is -2.33. The van der Waals surface area contributed by atoms with E-state index in [1.807, 2.05) is 37.3 Å². The first-order valence-electron chi connectivity index (χ1n) is 13.2. The largest absolute Gasteiger partial charge is 0.484 e. The molecule has 0 spiro atoms. The zero-order valence-electron chi connectivity index (χ0n) is 21.7. The quantitative estimate of drug-likeness (QED) is 0.333. The van der Waals surface area contributed by atoms with Gasteiger partial charge in [-0.05, 0) is 55.2 Å². The van der Waals surface area contributed by atoms with Crippen LogP contribution in [0.15, 0.2) is 72.8 Å². The highest BCUT2D eigenvalue weighted by Crippen LogP contribution is 2.23. The summed E-state index contributed by atoms with van der Waals surface area (Å²) >= 11 is 6.12. The van der Waals surface area contributed by atoms with Crippen LogP contribution in [0.1, 0.15) is 48.8 Å². The molecule has 2 amide bonds. The molecular weight excluding hydrogens is 503 g/mol. The van der Waals surface area contributed by atoms with Gasteiger partial charge in [-0.2, -0.15) is 0 Å². The molecule has 0 bridgehead atoms. The second-order valence-corrected chi connectivity index (χ2v) is 10.3. The van der Waals surface area contributed by atoms with Crippen molar-refractivity contribution < 1.29 is 18.7 Å². The maximum absolute atomic E-state index is 14.7. The van der Waals surface area contributed by atoms with Crippen LogP contribution in [0.2, 0.25) is 5.02 Å². The van der Waals surface area contributed by atoms with Gasteiger partial charge < -0.3 is 15.0 Å². The van der Waals surface area contributed by atoms with E-state index < -0.39 is 17.8 Å². The monoisotopic (exact) mass is 536 g/mol. The van der Waals surface area contributed by atoms with Gasteiger partial charge in [0.2, 0.25) is 5.91 Å². The van der Waals surface area contributed by atoms with Crippen LogP contribution in [-0.2, 0) is 22.6 Å². The molecule has 1 fully saturated rings. The summed E-state index contributed by atoms with van der Waals surface area (Å²) in [6, 6.07) is 20.3. The van der Waals surface area contributed by atoms with Gasteiger partial charge in [-0.25, -0.2) is 4.39 Å². The number of hydrogen-bond donors (Lipinski definition) is 1. The molecule has 1 unspecified atom stereocenters. The van der Waals surface area contributed by atoms with Crippen LogP contribution < -0.4 is 10.1 Å². The highest BCUT2D eigenvalue weighted by atomic mass is 35.5. The summed E-state index contributed by atoms with van der Waals surface area (Å²) in [5.41, 5.74) is 2.08. The predicted molar refractivity (Wildman–Crippen MR) is 148 cm³/mol. The van der Waals surface area contributed by atoms with E-state index in [9.17, 15) is 14.0 Å². The minimum absolute atomic E-state index is 0.0515. The van der Waals surface area contributed by atoms with Gasteiger partial charge in [-0.1, -0.05) is 79.4 Å². The molecule has 1 aliphatic carbocycles. The minimum Gasteiger partial charge on any atom is -0.484 e. The molecule has 7 heteroatoms. The van der Waals surface area contributed by atoms with E-state index in [1.165, 1.54) is 17.4 Å². The number of nitrogens with zero attached hydrogens (tertiary/aromatic N) is 1. The Labute approximate surface area is 228 Å². The number of carbonyl (C=O) groups excluding carboxylic acids is 2. The molecule has 0 aromatic heterocycles. The standard InChI is InChI=1S/C31H34ClFN2O3/c1-22-18-26(16-17-27(22)32)38-21-30(36)35(20-24-12-8-9-15-28(24)33)29(19-23-10-4-2-5-11-23)31(37)34-25-13-6-3-7-14-25/h2,4-5,8-12,15-18,25,29H,3,6-7,13-14,19-21H2,1H3,(H,34,37). The van der Waals surface area contributed by atoms with Crippen molar-refractivity contribution in [1.29, 1.82) is 0 Å². The van der Waals surface area contributed by atoms with Gasteiger partial charge in [0.05, 0.1) is 0 Å². The van der Waals surface area contributed by atoms with E-state index >= 15 is 0 Å². The van der Waals surface area contributed by atoms with Crippen molar-refractivity contribution >= 4 is 23.4 Å². The van der Waals surface area contributed by atoms with Crippen molar-refractivity contribution in [2.75, 3.05) is 6.61 Å². The van der Waals surface area contributed by atoms with Crippen LogP contribution in [0, 0.1) is 12.7 Å². The van der Waals surface area contributed by atoms with Gasteiger partial charge in [-0.3, -0.25) is 9.59 Å². The van der Waals surface area contributed by atoms with Gasteiger partial charge in [0, 0.05) is 29.6 Å². The molecule has 0 heterocycles. The van der Waals surface area contributed by atoms with Gasteiger partial charge in [-0.15, -0.1) is 0 Å². The van der Waals surface area contributed by atoms with Crippen LogP contribution in [0.5, 0.6) is 5.75 Å². The van der Waals surface area contributed by atoms with Gasteiger partial charge >= 0.3 is 0 Å². The van der Waals surface area contributed by atoms with E-state index in [4.69, 9.17) is 16.3 Å². The topological polar surface area (TPSA) is 58.6 Å². The van der Waals surface area contributed by atoms with E-state index in [2.05, 4.69) is 5.32 Å². The number of aryl methyl sites for hydroxylation is 1. The first-order chi connectivity index (χ1) is 18.4. The molecule has 200 valence electrons. The molecular formula is C31H34ClFN2O3. The molecule has 1 atom stereocenters. The third-order valence-electron chi connectivity index (χ3n) is 7.01. The first kappa shape index (κ1) is 27.6. The molecule has 1 saturated carbocycles. The van der Waals surface area contributed by atoms with Crippen molar-refractivity contribution in [2.45, 2.75) is 64.1 Å². The third kappa shape index (κ3) is 7.57. The van der Waals surface area contributed by atoms with Crippen LogP contribution in [0.3, 0.4) is 0 Å². The van der Waals surface area contributed by atoms with Gasteiger partial charge in [0.15, 0.2) is 6.61 Å². The van der Waals surface area contributed by atoms with E-state index in [-0.39, 0.29) is 25.1 Å². The molecule has 0 saturated heterocycles. The van der Waals surface area contributed by atoms with E-state index in [0.29, 0.717) is 22.8 Å². The van der Waals surface area contributed by atoms with E-state index in [1.54, 1.807) is 36.4 Å². The first-order valence-corrected chi connectivity index (χ1v) is 13.5. The molecule has 1 N–H and O–H groups in total. The Bertz CT molecular complexity index is 1230. The highest BCUT2D eigenvalue weighted by molar-refractivity contribution is 6.31. The highest BCUT2D eigenvalue weighted by Gasteiger charge is 2.32. The zero-order chi connectivity index (χ0) is 26.9. The normalized spacial score (nSPS) is 14.5. The summed E-state index contributed by atoms with van der Waals surface area (Å²) in [5, 5.41) is 3.78. The number of ether oxygens (including phenoxy) is 1. The average molecular weight is 537 g/mol. The second-order valence-electron chi connectivity index (χ2n) is 9.86. The summed E-state index contributed by atoms with van der Waals surface area (Å²) in [7, 11) is 0. The van der Waals surface area contributed by atoms with Crippen LogP contribution in [-0.4, -0.2) is 35.4 Å². The van der Waals surface area contributed by atoms with Crippen molar-refractivity contribution in [3.05, 3.63) is 100 Å². The molecule has 4 rings (SSSR count). The summed E-state index contributed by atoms with van der Waals surface area (Å²) in [6.07, 6.45) is 5.45. The minimum atomic E-state index is -0.831. The van der Waals surface area contributed by atoms with E-state index in [0.717, 1.165) is 36.8 Å². The summed E-state index contributed by atoms with van der Waals surface area (Å²) in [5.74, 6) is -0.559. The van der Waals surface area contributed by atoms with Crippen LogP contribution >= 0.6 is 11.6 Å². The maximum atomic E-state index is 14.7. The molecule has 1 aliphatic rings. The fourth-order valence-electron chi connectivity index (χ4n) is 4.84. The number of hydrogen-bond acceptors (Lipinski definition) is 3. The van der Waals surface area contributed by atoms with Crippen LogP contribution in [0.4, 0.5) is 4.39 Å². The second kappa shape index (κ2) is 13.4. The molecule has 3 aromatic rings. The van der Waals surface area contributed by atoms with Crippen molar-refractivity contribution in [1.82, 2.24) is 10.2 Å². The summed E-state index contributed by atoms with van der Waals surface area (Å²) < 4.78 is 20.5. The fourth-order valence-corrected chi connectivity index (χ4v) is 4.96. The zero-order valence-corrected chi connectivity index (χ0v) is 22.4. The Morgan fingerprint density at radius 2 is 1.74 bits per heavy atom. The average Bonchev–Trinajstić information content (AvgIpc) is 2.93. The fraction of sp³-hybridized carbons (Fsp3) is 0.355. The molecule has 3 aromatic carbocycles. The number of amides is 2.